The molecule has 0 saturated heterocycles. The third kappa shape index (κ3) is 2.84. The monoisotopic (exact) mass is 259 g/mol. The minimum atomic E-state index is -0.427. The van der Waals surface area contributed by atoms with Gasteiger partial charge in [-0.3, -0.25) is 4.79 Å². The van der Waals surface area contributed by atoms with Gasteiger partial charge in [0.15, 0.2) is 0 Å². The van der Waals surface area contributed by atoms with E-state index in [1.54, 1.807) is 24.3 Å². The van der Waals surface area contributed by atoms with Crippen LogP contribution in [-0.2, 0) is 5.75 Å². The zero-order chi connectivity index (χ0) is 13.0. The molecule has 0 aromatic heterocycles. The molecule has 4 heteroatoms. The van der Waals surface area contributed by atoms with Gasteiger partial charge in [0.1, 0.15) is 5.75 Å². The molecule has 0 spiro atoms. The number of carbonyl (C=O) groups excluding carboxylic acids is 1. The first-order chi connectivity index (χ1) is 8.68. The summed E-state index contributed by atoms with van der Waals surface area (Å²) in [5.41, 5.74) is 6.72. The van der Waals surface area contributed by atoms with Crippen LogP contribution in [0.3, 0.4) is 0 Å². The van der Waals surface area contributed by atoms with Gasteiger partial charge >= 0.3 is 0 Å². The zero-order valence-electron chi connectivity index (χ0n) is 9.67. The van der Waals surface area contributed by atoms with Gasteiger partial charge in [-0.2, -0.15) is 0 Å². The average Bonchev–Trinajstić information content (AvgIpc) is 2.38. The van der Waals surface area contributed by atoms with Crippen molar-refractivity contribution in [3.63, 3.8) is 0 Å². The van der Waals surface area contributed by atoms with Gasteiger partial charge < -0.3 is 10.8 Å². The lowest BCUT2D eigenvalue weighted by atomic mass is 10.1. The highest BCUT2D eigenvalue weighted by Crippen LogP contribution is 2.31. The summed E-state index contributed by atoms with van der Waals surface area (Å²) >= 11 is 1.47. The molecule has 0 saturated carbocycles. The summed E-state index contributed by atoms with van der Waals surface area (Å²) in [6.45, 7) is 0. The summed E-state index contributed by atoms with van der Waals surface area (Å²) in [7, 11) is 0. The molecule has 92 valence electrons. The molecular formula is C14H13NO2S. The van der Waals surface area contributed by atoms with Crippen LogP contribution in [0.1, 0.15) is 15.9 Å². The lowest BCUT2D eigenvalue weighted by Gasteiger charge is -2.07. The van der Waals surface area contributed by atoms with E-state index in [2.05, 4.69) is 0 Å². The lowest BCUT2D eigenvalue weighted by molar-refractivity contribution is 0.0999. The van der Waals surface area contributed by atoms with Crippen LogP contribution in [0.25, 0.3) is 0 Å². The summed E-state index contributed by atoms with van der Waals surface area (Å²) < 4.78 is 0. The summed E-state index contributed by atoms with van der Waals surface area (Å²) in [6.07, 6.45) is 0. The Morgan fingerprint density at radius 1 is 1.11 bits per heavy atom. The number of nitrogens with two attached hydrogens (primary N) is 1. The molecule has 0 bridgehead atoms. The fraction of sp³-hybridized carbons (Fsp3) is 0.0714. The topological polar surface area (TPSA) is 63.3 Å². The molecule has 3 N–H and O–H groups in total. The van der Waals surface area contributed by atoms with E-state index in [0.717, 1.165) is 10.5 Å². The van der Waals surface area contributed by atoms with E-state index in [1.165, 1.54) is 11.8 Å². The highest BCUT2D eigenvalue weighted by atomic mass is 32.2. The van der Waals surface area contributed by atoms with Gasteiger partial charge in [0.2, 0.25) is 5.91 Å². The van der Waals surface area contributed by atoms with Crippen molar-refractivity contribution in [2.24, 2.45) is 5.73 Å². The van der Waals surface area contributed by atoms with Crippen LogP contribution in [0.2, 0.25) is 0 Å². The molecule has 2 rings (SSSR count). The fourth-order valence-corrected chi connectivity index (χ4v) is 2.57. The van der Waals surface area contributed by atoms with E-state index in [1.807, 2.05) is 24.3 Å². The number of carbonyl (C=O) groups is 1. The predicted molar refractivity (Wildman–Crippen MR) is 72.6 cm³/mol. The Morgan fingerprint density at radius 3 is 2.50 bits per heavy atom. The molecule has 0 radical (unpaired) electrons. The molecule has 3 nitrogen and oxygen atoms in total. The second kappa shape index (κ2) is 5.60. The van der Waals surface area contributed by atoms with E-state index in [4.69, 9.17) is 5.73 Å². The highest BCUT2D eigenvalue weighted by molar-refractivity contribution is 7.98. The maximum Gasteiger partial charge on any atom is 0.249 e. The first-order valence-electron chi connectivity index (χ1n) is 5.47. The molecule has 2 aromatic carbocycles. The van der Waals surface area contributed by atoms with E-state index in [0.29, 0.717) is 11.3 Å². The Balaban J connectivity index is 2.16. The standard InChI is InChI=1S/C14H13NO2S/c15-14(17)11-6-2-1-5-10(11)9-18-13-8-4-3-7-12(13)16/h1-8,16H,9H2,(H2,15,17). The third-order valence-corrected chi connectivity index (χ3v) is 3.64. The number of phenolic OH excluding ortho intramolecular Hbond substituents is 1. The van der Waals surface area contributed by atoms with Crippen LogP contribution < -0.4 is 5.73 Å². The van der Waals surface area contributed by atoms with Gasteiger partial charge in [-0.1, -0.05) is 30.3 Å². The number of hydrogen-bond donors (Lipinski definition) is 2. The summed E-state index contributed by atoms with van der Waals surface area (Å²) in [5.74, 6) is 0.416. The van der Waals surface area contributed by atoms with Crippen molar-refractivity contribution in [2.45, 2.75) is 10.6 Å². The number of phenols is 1. The van der Waals surface area contributed by atoms with Crippen molar-refractivity contribution in [1.29, 1.82) is 0 Å². The molecule has 0 aliphatic heterocycles. The van der Waals surface area contributed by atoms with Crippen molar-refractivity contribution < 1.29 is 9.90 Å². The van der Waals surface area contributed by atoms with Crippen LogP contribution in [-0.4, -0.2) is 11.0 Å². The lowest BCUT2D eigenvalue weighted by Crippen LogP contribution is -2.13. The average molecular weight is 259 g/mol. The normalized spacial score (nSPS) is 10.2. The van der Waals surface area contributed by atoms with Crippen LogP contribution >= 0.6 is 11.8 Å². The summed E-state index contributed by atoms with van der Waals surface area (Å²) in [4.78, 5) is 12.1. The number of rotatable bonds is 4. The van der Waals surface area contributed by atoms with Crippen LogP contribution in [0.4, 0.5) is 0 Å². The van der Waals surface area contributed by atoms with Gasteiger partial charge in [0.25, 0.3) is 0 Å². The molecule has 0 aliphatic rings. The minimum absolute atomic E-state index is 0.249. The Hall–Kier alpha value is -1.94. The van der Waals surface area contributed by atoms with Gasteiger partial charge in [-0.05, 0) is 23.8 Å². The van der Waals surface area contributed by atoms with E-state index >= 15 is 0 Å². The van der Waals surface area contributed by atoms with Crippen LogP contribution in [0, 0.1) is 0 Å². The number of hydrogen-bond acceptors (Lipinski definition) is 3. The van der Waals surface area contributed by atoms with Crippen molar-refractivity contribution in [2.75, 3.05) is 0 Å². The Kier molecular flexibility index (Phi) is 3.89. The molecule has 18 heavy (non-hydrogen) atoms. The second-order valence-electron chi connectivity index (χ2n) is 3.78. The SMILES string of the molecule is NC(=O)c1ccccc1CSc1ccccc1O. The van der Waals surface area contributed by atoms with E-state index in [9.17, 15) is 9.90 Å². The van der Waals surface area contributed by atoms with Crippen molar-refractivity contribution in [1.82, 2.24) is 0 Å². The largest absolute Gasteiger partial charge is 0.507 e. The maximum absolute atomic E-state index is 11.3. The zero-order valence-corrected chi connectivity index (χ0v) is 10.5. The first-order valence-corrected chi connectivity index (χ1v) is 6.45. The smallest absolute Gasteiger partial charge is 0.249 e. The predicted octanol–water partition coefficient (Wildman–Crippen LogP) is 2.78. The first kappa shape index (κ1) is 12.5. The molecule has 0 heterocycles. The molecule has 0 atom stereocenters. The van der Waals surface area contributed by atoms with Crippen LogP contribution in [0.5, 0.6) is 5.75 Å². The Morgan fingerprint density at radius 2 is 1.78 bits per heavy atom. The number of benzene rings is 2. The molecule has 0 unspecified atom stereocenters. The quantitative estimate of drug-likeness (QED) is 0.830. The molecular weight excluding hydrogens is 246 g/mol. The van der Waals surface area contributed by atoms with Crippen molar-refractivity contribution in [3.8, 4) is 5.75 Å². The molecule has 0 fully saturated rings. The molecule has 1 amide bonds. The van der Waals surface area contributed by atoms with Crippen LogP contribution in [0.15, 0.2) is 53.4 Å². The molecule has 2 aromatic rings. The highest BCUT2D eigenvalue weighted by Gasteiger charge is 2.08. The van der Waals surface area contributed by atoms with Gasteiger partial charge in [0.05, 0.1) is 0 Å². The summed E-state index contributed by atoms with van der Waals surface area (Å²) in [6, 6.07) is 14.4. The maximum atomic E-state index is 11.3. The number of thioether (sulfide) groups is 1. The number of para-hydroxylation sites is 1. The Bertz CT molecular complexity index is 569. The second-order valence-corrected chi connectivity index (χ2v) is 4.79. The summed E-state index contributed by atoms with van der Waals surface area (Å²) in [5, 5.41) is 9.65. The van der Waals surface area contributed by atoms with Gasteiger partial charge in [-0.25, -0.2) is 0 Å². The van der Waals surface area contributed by atoms with E-state index in [-0.39, 0.29) is 5.75 Å². The van der Waals surface area contributed by atoms with E-state index < -0.39 is 5.91 Å². The van der Waals surface area contributed by atoms with Gasteiger partial charge in [-0.15, -0.1) is 11.8 Å². The fourth-order valence-electron chi connectivity index (χ4n) is 1.62. The number of aromatic hydroxyl groups is 1. The number of primary amides is 1. The number of amides is 1. The Labute approximate surface area is 110 Å². The third-order valence-electron chi connectivity index (χ3n) is 2.53. The molecule has 0 aliphatic carbocycles. The minimum Gasteiger partial charge on any atom is -0.507 e. The van der Waals surface area contributed by atoms with Crippen molar-refractivity contribution in [3.05, 3.63) is 59.7 Å². The van der Waals surface area contributed by atoms with Crippen molar-refractivity contribution >= 4 is 17.7 Å². The van der Waals surface area contributed by atoms with Gasteiger partial charge in [0, 0.05) is 16.2 Å².